The Morgan fingerprint density at radius 1 is 1.03 bits per heavy atom. The van der Waals surface area contributed by atoms with Crippen molar-refractivity contribution < 1.29 is 14.3 Å². The van der Waals surface area contributed by atoms with E-state index in [1.165, 1.54) is 10.6 Å². The molecule has 1 N–H and O–H groups in total. The van der Waals surface area contributed by atoms with Crippen LogP contribution in [0.3, 0.4) is 0 Å². The van der Waals surface area contributed by atoms with E-state index in [9.17, 15) is 4.79 Å². The maximum atomic E-state index is 12.4. The first-order chi connectivity index (χ1) is 17.7. The van der Waals surface area contributed by atoms with Crippen LogP contribution in [0.25, 0.3) is 20.7 Å². The fourth-order valence-electron chi connectivity index (χ4n) is 4.14. The molecule has 0 atom stereocenters. The Bertz CT molecular complexity index is 1370. The summed E-state index contributed by atoms with van der Waals surface area (Å²) in [4.78, 5) is 23.2. The molecule has 0 radical (unpaired) electrons. The fourth-order valence-corrected chi connectivity index (χ4v) is 5.18. The normalized spacial score (nSPS) is 14.0. The van der Waals surface area contributed by atoms with Crippen molar-refractivity contribution in [3.8, 4) is 10.4 Å². The number of benzene rings is 2. The van der Waals surface area contributed by atoms with E-state index in [1.807, 2.05) is 51.1 Å². The van der Waals surface area contributed by atoms with E-state index < -0.39 is 5.60 Å². The molecule has 3 heterocycles. The summed E-state index contributed by atoms with van der Waals surface area (Å²) in [5, 5.41) is 4.52. The molecule has 0 bridgehead atoms. The largest absolute Gasteiger partial charge is 0.443 e. The average Bonchev–Trinajstić information content (AvgIpc) is 3.32. The number of thiophene rings is 1. The van der Waals surface area contributed by atoms with E-state index in [2.05, 4.69) is 46.6 Å². The molecule has 1 saturated heterocycles. The van der Waals surface area contributed by atoms with Crippen LogP contribution in [0.5, 0.6) is 0 Å². The zero-order valence-corrected chi connectivity index (χ0v) is 22.5. The number of amides is 1. The van der Waals surface area contributed by atoms with Crippen molar-refractivity contribution >= 4 is 50.5 Å². The van der Waals surface area contributed by atoms with Gasteiger partial charge in [-0.1, -0.05) is 12.1 Å². The number of fused-ring (bicyclic) bond motifs is 1. The number of carbonyl (C=O) groups is 1. The summed E-state index contributed by atoms with van der Waals surface area (Å²) in [6.07, 6.45) is -0.373. The average molecular weight is 517 g/mol. The molecule has 0 saturated carbocycles. The lowest BCUT2D eigenvalue weighted by atomic mass is 10.1. The van der Waals surface area contributed by atoms with Gasteiger partial charge < -0.3 is 19.7 Å². The van der Waals surface area contributed by atoms with E-state index in [1.54, 1.807) is 18.4 Å². The summed E-state index contributed by atoms with van der Waals surface area (Å²) in [5.74, 6) is 0.814. The number of morpholine rings is 1. The quantitative estimate of drug-likeness (QED) is 0.311. The maximum Gasteiger partial charge on any atom is 0.414 e. The van der Waals surface area contributed by atoms with Crippen LogP contribution in [0.1, 0.15) is 20.8 Å². The van der Waals surface area contributed by atoms with Crippen LogP contribution in [-0.2, 0) is 9.47 Å². The van der Waals surface area contributed by atoms with Gasteiger partial charge in [-0.15, -0.1) is 11.3 Å². The SMILES string of the molecule is CN(C(=O)OC(C)(C)C)c1ccc(-c2cc3ccc(Nc4ccc(N5CCOCC5)cc4)nc3s2)cc1. The van der Waals surface area contributed by atoms with Crippen LogP contribution in [-0.4, -0.2) is 50.0 Å². The van der Waals surface area contributed by atoms with Gasteiger partial charge in [-0.25, -0.2) is 9.78 Å². The molecule has 2 aromatic carbocycles. The molecule has 0 spiro atoms. The van der Waals surface area contributed by atoms with Crippen LogP contribution in [0.15, 0.2) is 66.7 Å². The molecule has 8 heteroatoms. The minimum absolute atomic E-state index is 0.373. The number of hydrogen-bond donors (Lipinski definition) is 1. The second-order valence-corrected chi connectivity index (χ2v) is 11.1. The Morgan fingerprint density at radius 2 is 1.73 bits per heavy atom. The molecule has 37 heavy (non-hydrogen) atoms. The van der Waals surface area contributed by atoms with E-state index in [0.717, 1.165) is 64.2 Å². The fraction of sp³-hybridized carbons (Fsp3) is 0.310. The van der Waals surface area contributed by atoms with Crippen molar-refractivity contribution in [3.63, 3.8) is 0 Å². The van der Waals surface area contributed by atoms with Gasteiger partial charge in [0.15, 0.2) is 0 Å². The van der Waals surface area contributed by atoms with Crippen molar-refractivity contribution in [2.75, 3.05) is 48.5 Å². The highest BCUT2D eigenvalue weighted by atomic mass is 32.1. The number of carbonyl (C=O) groups excluding carboxylic acids is 1. The van der Waals surface area contributed by atoms with Crippen molar-refractivity contribution in [3.05, 3.63) is 66.7 Å². The van der Waals surface area contributed by atoms with Gasteiger partial charge in [0.25, 0.3) is 0 Å². The Labute approximate surface area is 221 Å². The summed E-state index contributed by atoms with van der Waals surface area (Å²) in [7, 11) is 1.72. The molecule has 7 nitrogen and oxygen atoms in total. The Morgan fingerprint density at radius 3 is 2.41 bits per heavy atom. The smallest absolute Gasteiger partial charge is 0.414 e. The van der Waals surface area contributed by atoms with Crippen LogP contribution >= 0.6 is 11.3 Å². The number of anilines is 4. The molecule has 0 unspecified atom stereocenters. The third-order valence-corrected chi connectivity index (χ3v) is 7.20. The molecular formula is C29H32N4O3S. The number of nitrogens with one attached hydrogen (secondary N) is 1. The lowest BCUT2D eigenvalue weighted by molar-refractivity contribution is 0.0589. The number of aromatic nitrogens is 1. The van der Waals surface area contributed by atoms with Crippen LogP contribution in [0.2, 0.25) is 0 Å². The van der Waals surface area contributed by atoms with E-state index in [-0.39, 0.29) is 6.09 Å². The summed E-state index contributed by atoms with van der Waals surface area (Å²) >= 11 is 1.65. The van der Waals surface area contributed by atoms with Crippen molar-refractivity contribution in [2.24, 2.45) is 0 Å². The van der Waals surface area contributed by atoms with Crippen LogP contribution < -0.4 is 15.1 Å². The first-order valence-corrected chi connectivity index (χ1v) is 13.2. The van der Waals surface area contributed by atoms with Crippen molar-refractivity contribution in [1.29, 1.82) is 0 Å². The van der Waals surface area contributed by atoms with Gasteiger partial charge in [0, 0.05) is 47.5 Å². The van der Waals surface area contributed by atoms with Crippen LogP contribution in [0, 0.1) is 0 Å². The van der Waals surface area contributed by atoms with Crippen molar-refractivity contribution in [2.45, 2.75) is 26.4 Å². The number of pyridine rings is 1. The Balaban J connectivity index is 1.27. The van der Waals surface area contributed by atoms with Crippen molar-refractivity contribution in [1.82, 2.24) is 4.98 Å². The molecule has 1 aliphatic rings. The van der Waals surface area contributed by atoms with Gasteiger partial charge in [-0.3, -0.25) is 4.90 Å². The van der Waals surface area contributed by atoms with Gasteiger partial charge in [0.05, 0.1) is 13.2 Å². The number of ether oxygens (including phenoxy) is 2. The molecule has 192 valence electrons. The minimum Gasteiger partial charge on any atom is -0.443 e. The first kappa shape index (κ1) is 25.0. The first-order valence-electron chi connectivity index (χ1n) is 12.4. The molecule has 2 aromatic heterocycles. The third kappa shape index (κ3) is 6.03. The summed E-state index contributed by atoms with van der Waals surface area (Å²) < 4.78 is 10.9. The van der Waals surface area contributed by atoms with E-state index >= 15 is 0 Å². The standard InChI is InChI=1S/C29H32N4O3S/c1-29(2,3)36-28(34)32(4)23-10-5-20(6-11-23)25-19-21-7-14-26(31-27(21)37-25)30-22-8-12-24(13-9-22)33-15-17-35-18-16-33/h5-14,19H,15-18H2,1-4H3,(H,30,31). The van der Waals surface area contributed by atoms with Crippen LogP contribution in [0.4, 0.5) is 27.7 Å². The summed E-state index contributed by atoms with van der Waals surface area (Å²) in [5.41, 5.74) is 3.55. The van der Waals surface area contributed by atoms with Gasteiger partial charge in [-0.05, 0) is 80.9 Å². The number of hydrogen-bond acceptors (Lipinski definition) is 7. The predicted molar refractivity (Wildman–Crippen MR) is 152 cm³/mol. The third-order valence-electron chi connectivity index (χ3n) is 6.11. The monoisotopic (exact) mass is 516 g/mol. The maximum absolute atomic E-state index is 12.4. The molecular weight excluding hydrogens is 484 g/mol. The van der Waals surface area contributed by atoms with Gasteiger partial charge >= 0.3 is 6.09 Å². The molecule has 1 amide bonds. The molecule has 1 fully saturated rings. The second kappa shape index (κ2) is 10.4. The highest BCUT2D eigenvalue weighted by molar-refractivity contribution is 7.21. The zero-order chi connectivity index (χ0) is 26.0. The highest BCUT2D eigenvalue weighted by Crippen LogP contribution is 2.34. The summed E-state index contributed by atoms with van der Waals surface area (Å²) in [6, 6.07) is 22.6. The zero-order valence-electron chi connectivity index (χ0n) is 21.7. The number of rotatable bonds is 5. The Kier molecular flexibility index (Phi) is 7.04. The minimum atomic E-state index is -0.532. The molecule has 4 aromatic rings. The predicted octanol–water partition coefficient (Wildman–Crippen LogP) is 6.91. The Hall–Kier alpha value is -3.62. The highest BCUT2D eigenvalue weighted by Gasteiger charge is 2.20. The topological polar surface area (TPSA) is 66.9 Å². The summed E-state index contributed by atoms with van der Waals surface area (Å²) in [6.45, 7) is 8.99. The molecule has 5 rings (SSSR count). The van der Waals surface area contributed by atoms with Gasteiger partial charge in [0.2, 0.25) is 0 Å². The van der Waals surface area contributed by atoms with E-state index in [4.69, 9.17) is 14.5 Å². The lowest BCUT2D eigenvalue weighted by Gasteiger charge is -2.28. The molecule has 1 aliphatic heterocycles. The second-order valence-electron chi connectivity index (χ2n) is 10.1. The lowest BCUT2D eigenvalue weighted by Crippen LogP contribution is -2.36. The molecule has 0 aliphatic carbocycles. The van der Waals surface area contributed by atoms with Gasteiger partial charge in [0.1, 0.15) is 16.2 Å². The van der Waals surface area contributed by atoms with E-state index in [0.29, 0.717) is 0 Å². The number of nitrogens with zero attached hydrogens (tertiary/aromatic N) is 3. The van der Waals surface area contributed by atoms with Gasteiger partial charge in [-0.2, -0.15) is 0 Å².